The van der Waals surface area contributed by atoms with Crippen LogP contribution in [0.3, 0.4) is 0 Å². The van der Waals surface area contributed by atoms with Crippen molar-refractivity contribution in [3.63, 3.8) is 0 Å². The quantitative estimate of drug-likeness (QED) is 0.888. The molecule has 0 unspecified atom stereocenters. The largest absolute Gasteiger partial charge is 0.484 e. The number of carbonyl (C=O) groups is 1. The third-order valence-corrected chi connectivity index (χ3v) is 3.64. The van der Waals surface area contributed by atoms with Crippen LogP contribution in [-0.4, -0.2) is 12.5 Å². The maximum absolute atomic E-state index is 13.0. The number of amides is 1. The van der Waals surface area contributed by atoms with Crippen LogP contribution in [0.4, 0.5) is 4.39 Å². The van der Waals surface area contributed by atoms with E-state index in [9.17, 15) is 9.18 Å². The van der Waals surface area contributed by atoms with E-state index in [1.807, 2.05) is 31.2 Å². The molecule has 5 heteroatoms. The van der Waals surface area contributed by atoms with Gasteiger partial charge in [0, 0.05) is 10.5 Å². The van der Waals surface area contributed by atoms with Crippen molar-refractivity contribution in [1.29, 1.82) is 0 Å². The van der Waals surface area contributed by atoms with Crippen LogP contribution >= 0.6 is 15.9 Å². The highest BCUT2D eigenvalue weighted by molar-refractivity contribution is 9.10. The van der Waals surface area contributed by atoms with Crippen LogP contribution in [0.2, 0.25) is 0 Å². The van der Waals surface area contributed by atoms with E-state index in [1.54, 1.807) is 6.07 Å². The lowest BCUT2D eigenvalue weighted by atomic mass is 10.1. The molecule has 110 valence electrons. The minimum absolute atomic E-state index is 0.149. The summed E-state index contributed by atoms with van der Waals surface area (Å²) in [6.07, 6.45) is 0. The second-order valence-corrected chi connectivity index (χ2v) is 5.41. The van der Waals surface area contributed by atoms with E-state index in [0.717, 1.165) is 10.0 Å². The third kappa shape index (κ3) is 4.56. The number of ether oxygens (including phenoxy) is 1. The Balaban J connectivity index is 1.89. The molecular formula is C16H15BrFNO2. The Kier molecular flexibility index (Phi) is 5.33. The molecule has 3 nitrogen and oxygen atoms in total. The lowest BCUT2D eigenvalue weighted by Crippen LogP contribution is -2.31. The van der Waals surface area contributed by atoms with Gasteiger partial charge in [-0.3, -0.25) is 4.79 Å². The smallest absolute Gasteiger partial charge is 0.258 e. The number of benzene rings is 2. The highest BCUT2D eigenvalue weighted by Gasteiger charge is 2.12. The predicted octanol–water partition coefficient (Wildman–Crippen LogP) is 3.84. The Morgan fingerprint density at radius 1 is 1.29 bits per heavy atom. The minimum atomic E-state index is -0.394. The van der Waals surface area contributed by atoms with Crippen LogP contribution in [0, 0.1) is 5.82 Å². The minimum Gasteiger partial charge on any atom is -0.484 e. The molecule has 1 N–H and O–H groups in total. The van der Waals surface area contributed by atoms with E-state index in [1.165, 1.54) is 18.2 Å². The van der Waals surface area contributed by atoms with Crippen LogP contribution in [0.15, 0.2) is 53.0 Å². The van der Waals surface area contributed by atoms with E-state index in [4.69, 9.17) is 4.74 Å². The van der Waals surface area contributed by atoms with Crippen molar-refractivity contribution in [2.24, 2.45) is 0 Å². The lowest BCUT2D eigenvalue weighted by molar-refractivity contribution is -0.123. The zero-order valence-electron chi connectivity index (χ0n) is 11.5. The van der Waals surface area contributed by atoms with Gasteiger partial charge in [0.15, 0.2) is 6.61 Å². The van der Waals surface area contributed by atoms with Gasteiger partial charge in [0.05, 0.1) is 6.04 Å². The number of carbonyl (C=O) groups excluding carboxylic acids is 1. The maximum atomic E-state index is 13.0. The van der Waals surface area contributed by atoms with Crippen molar-refractivity contribution >= 4 is 21.8 Å². The molecule has 1 amide bonds. The van der Waals surface area contributed by atoms with Crippen molar-refractivity contribution in [3.8, 4) is 5.75 Å². The Bertz CT molecular complexity index is 633. The van der Waals surface area contributed by atoms with Crippen molar-refractivity contribution in [1.82, 2.24) is 5.32 Å². The summed E-state index contributed by atoms with van der Waals surface area (Å²) >= 11 is 3.45. The average Bonchev–Trinajstić information content (AvgIpc) is 2.45. The lowest BCUT2D eigenvalue weighted by Gasteiger charge is -2.16. The molecule has 0 saturated carbocycles. The summed E-state index contributed by atoms with van der Waals surface area (Å²) in [6.45, 7) is 1.73. The van der Waals surface area contributed by atoms with Crippen LogP contribution in [0.25, 0.3) is 0 Å². The number of hydrogen-bond acceptors (Lipinski definition) is 2. The topological polar surface area (TPSA) is 38.3 Å². The number of rotatable bonds is 5. The summed E-state index contributed by atoms with van der Waals surface area (Å²) in [7, 11) is 0. The average molecular weight is 352 g/mol. The summed E-state index contributed by atoms with van der Waals surface area (Å²) in [5.41, 5.74) is 0.983. The van der Waals surface area contributed by atoms with Gasteiger partial charge in [0.2, 0.25) is 0 Å². The van der Waals surface area contributed by atoms with Gasteiger partial charge in [-0.25, -0.2) is 4.39 Å². The molecule has 2 aromatic carbocycles. The molecule has 2 rings (SSSR count). The van der Waals surface area contributed by atoms with Gasteiger partial charge in [-0.2, -0.15) is 0 Å². The van der Waals surface area contributed by atoms with Gasteiger partial charge < -0.3 is 10.1 Å². The van der Waals surface area contributed by atoms with E-state index in [-0.39, 0.29) is 18.6 Å². The van der Waals surface area contributed by atoms with Gasteiger partial charge in [-0.1, -0.05) is 40.2 Å². The van der Waals surface area contributed by atoms with E-state index in [2.05, 4.69) is 21.2 Å². The standard InChI is InChI=1S/C16H15BrFNO2/c1-11(14-7-2-3-8-15(14)17)19-16(20)10-21-13-6-4-5-12(18)9-13/h2-9,11H,10H2,1H3,(H,19,20)/t11-/m0/s1. The molecule has 0 aliphatic rings. The van der Waals surface area contributed by atoms with Crippen LogP contribution in [0.5, 0.6) is 5.75 Å². The van der Waals surface area contributed by atoms with Gasteiger partial charge >= 0.3 is 0 Å². The maximum Gasteiger partial charge on any atom is 0.258 e. The highest BCUT2D eigenvalue weighted by atomic mass is 79.9. The van der Waals surface area contributed by atoms with Crippen molar-refractivity contribution in [2.75, 3.05) is 6.61 Å². The summed E-state index contributed by atoms with van der Waals surface area (Å²) in [4.78, 5) is 11.9. The number of halogens is 2. The van der Waals surface area contributed by atoms with E-state index < -0.39 is 5.82 Å². The van der Waals surface area contributed by atoms with Crippen LogP contribution < -0.4 is 10.1 Å². The number of nitrogens with one attached hydrogen (secondary N) is 1. The SMILES string of the molecule is C[C@H](NC(=O)COc1cccc(F)c1)c1ccccc1Br. The van der Waals surface area contributed by atoms with E-state index in [0.29, 0.717) is 5.75 Å². The monoisotopic (exact) mass is 351 g/mol. The molecule has 0 aromatic heterocycles. The molecule has 1 atom stereocenters. The Labute approximate surface area is 131 Å². The number of hydrogen-bond donors (Lipinski definition) is 1. The van der Waals surface area contributed by atoms with Gasteiger partial charge in [0.25, 0.3) is 5.91 Å². The highest BCUT2D eigenvalue weighted by Crippen LogP contribution is 2.22. The van der Waals surface area contributed by atoms with Gasteiger partial charge in [-0.15, -0.1) is 0 Å². The van der Waals surface area contributed by atoms with Gasteiger partial charge in [-0.05, 0) is 30.7 Å². The molecule has 0 heterocycles. The first-order valence-electron chi connectivity index (χ1n) is 6.48. The van der Waals surface area contributed by atoms with Crippen molar-refractivity contribution in [3.05, 3.63) is 64.4 Å². The van der Waals surface area contributed by atoms with Crippen molar-refractivity contribution < 1.29 is 13.9 Å². The molecule has 0 radical (unpaired) electrons. The first-order chi connectivity index (χ1) is 10.1. The van der Waals surface area contributed by atoms with Gasteiger partial charge in [0.1, 0.15) is 11.6 Å². The predicted molar refractivity (Wildman–Crippen MR) is 82.6 cm³/mol. The first kappa shape index (κ1) is 15.5. The summed E-state index contributed by atoms with van der Waals surface area (Å²) in [5, 5.41) is 2.83. The fraction of sp³-hybridized carbons (Fsp3) is 0.188. The molecular weight excluding hydrogens is 337 g/mol. The molecule has 2 aromatic rings. The molecule has 0 bridgehead atoms. The van der Waals surface area contributed by atoms with Crippen molar-refractivity contribution in [2.45, 2.75) is 13.0 Å². The molecule has 0 spiro atoms. The summed E-state index contributed by atoms with van der Waals surface area (Å²) < 4.78 is 19.2. The molecule has 0 fully saturated rings. The Morgan fingerprint density at radius 2 is 2.05 bits per heavy atom. The Morgan fingerprint density at radius 3 is 2.76 bits per heavy atom. The molecule has 0 saturated heterocycles. The molecule has 21 heavy (non-hydrogen) atoms. The molecule has 0 aliphatic carbocycles. The van der Waals surface area contributed by atoms with Crippen LogP contribution in [-0.2, 0) is 4.79 Å². The van der Waals surface area contributed by atoms with Crippen LogP contribution in [0.1, 0.15) is 18.5 Å². The zero-order valence-corrected chi connectivity index (χ0v) is 13.1. The summed E-state index contributed by atoms with van der Waals surface area (Å²) in [5.74, 6) is -0.323. The fourth-order valence-corrected chi connectivity index (χ4v) is 2.52. The second kappa shape index (κ2) is 7.22. The molecule has 0 aliphatic heterocycles. The fourth-order valence-electron chi connectivity index (χ4n) is 1.89. The first-order valence-corrected chi connectivity index (χ1v) is 7.27. The zero-order chi connectivity index (χ0) is 15.2. The normalized spacial score (nSPS) is 11.8. The third-order valence-electron chi connectivity index (χ3n) is 2.92. The van der Waals surface area contributed by atoms with E-state index >= 15 is 0 Å². The Hall–Kier alpha value is -1.88. The second-order valence-electron chi connectivity index (χ2n) is 4.56. The summed E-state index contributed by atoms with van der Waals surface area (Å²) in [6, 6.07) is 13.2.